The van der Waals surface area contributed by atoms with Gasteiger partial charge in [0.1, 0.15) is 0 Å². The van der Waals surface area contributed by atoms with Gasteiger partial charge in [0, 0.05) is 6.04 Å². The standard InChI is InChI=1S/C9H19N/c1-5-8(3)7-9(4)10-6-2/h9-10H,3,5-7H2,1-2,4H3. The van der Waals surface area contributed by atoms with E-state index in [9.17, 15) is 0 Å². The maximum absolute atomic E-state index is 3.96. The van der Waals surface area contributed by atoms with Gasteiger partial charge in [0.05, 0.1) is 0 Å². The van der Waals surface area contributed by atoms with E-state index in [0.717, 1.165) is 19.4 Å². The van der Waals surface area contributed by atoms with Gasteiger partial charge in [-0.2, -0.15) is 0 Å². The first-order valence-corrected chi connectivity index (χ1v) is 4.10. The molecule has 0 aliphatic heterocycles. The highest BCUT2D eigenvalue weighted by Gasteiger charge is 1.99. The number of nitrogens with one attached hydrogen (secondary N) is 1. The largest absolute Gasteiger partial charge is 0.314 e. The van der Waals surface area contributed by atoms with E-state index in [0.29, 0.717) is 6.04 Å². The molecule has 60 valence electrons. The molecular weight excluding hydrogens is 122 g/mol. The fourth-order valence-corrected chi connectivity index (χ4v) is 0.998. The van der Waals surface area contributed by atoms with Crippen molar-refractivity contribution < 1.29 is 0 Å². The second-order valence-corrected chi connectivity index (χ2v) is 2.77. The Balaban J connectivity index is 3.37. The van der Waals surface area contributed by atoms with Gasteiger partial charge in [-0.1, -0.05) is 26.0 Å². The molecule has 1 atom stereocenters. The minimum Gasteiger partial charge on any atom is -0.314 e. The van der Waals surface area contributed by atoms with Crippen LogP contribution in [0.2, 0.25) is 0 Å². The van der Waals surface area contributed by atoms with Crippen molar-refractivity contribution in [2.45, 2.75) is 39.7 Å². The van der Waals surface area contributed by atoms with Crippen LogP contribution in [0, 0.1) is 0 Å². The van der Waals surface area contributed by atoms with Crippen molar-refractivity contribution in [1.29, 1.82) is 0 Å². The lowest BCUT2D eigenvalue weighted by atomic mass is 10.1. The van der Waals surface area contributed by atoms with Crippen molar-refractivity contribution >= 4 is 0 Å². The molecule has 1 N–H and O–H groups in total. The van der Waals surface area contributed by atoms with Crippen molar-refractivity contribution in [3.63, 3.8) is 0 Å². The number of hydrogen-bond donors (Lipinski definition) is 1. The summed E-state index contributed by atoms with van der Waals surface area (Å²) in [5, 5.41) is 3.35. The molecule has 0 aliphatic carbocycles. The zero-order chi connectivity index (χ0) is 7.98. The zero-order valence-electron chi connectivity index (χ0n) is 7.41. The second-order valence-electron chi connectivity index (χ2n) is 2.77. The summed E-state index contributed by atoms with van der Waals surface area (Å²) in [5.41, 5.74) is 1.34. The molecule has 0 amide bonds. The number of hydrogen-bond acceptors (Lipinski definition) is 1. The van der Waals surface area contributed by atoms with Crippen molar-refractivity contribution in [1.82, 2.24) is 5.32 Å². The zero-order valence-corrected chi connectivity index (χ0v) is 7.41. The molecule has 0 saturated carbocycles. The summed E-state index contributed by atoms with van der Waals surface area (Å²) in [6, 6.07) is 0.595. The minimum absolute atomic E-state index is 0.595. The lowest BCUT2D eigenvalue weighted by Crippen LogP contribution is -2.25. The van der Waals surface area contributed by atoms with Gasteiger partial charge >= 0.3 is 0 Å². The third-order valence-corrected chi connectivity index (χ3v) is 1.65. The van der Waals surface area contributed by atoms with E-state index < -0.39 is 0 Å². The maximum Gasteiger partial charge on any atom is 0.00756 e. The minimum atomic E-state index is 0.595. The van der Waals surface area contributed by atoms with Crippen LogP contribution in [0.25, 0.3) is 0 Å². The molecule has 0 aliphatic rings. The van der Waals surface area contributed by atoms with Crippen LogP contribution in [-0.2, 0) is 0 Å². The molecule has 1 heteroatoms. The summed E-state index contributed by atoms with van der Waals surface area (Å²) in [6.45, 7) is 11.5. The van der Waals surface area contributed by atoms with Gasteiger partial charge < -0.3 is 5.32 Å². The Morgan fingerprint density at radius 2 is 2.10 bits per heavy atom. The first kappa shape index (κ1) is 9.70. The van der Waals surface area contributed by atoms with Crippen molar-refractivity contribution in [2.75, 3.05) is 6.54 Å². The fourth-order valence-electron chi connectivity index (χ4n) is 0.998. The normalized spacial score (nSPS) is 13.1. The average Bonchev–Trinajstić information content (AvgIpc) is 1.88. The monoisotopic (exact) mass is 141 g/mol. The van der Waals surface area contributed by atoms with Crippen molar-refractivity contribution in [3.05, 3.63) is 12.2 Å². The van der Waals surface area contributed by atoms with E-state index in [1.807, 2.05) is 0 Å². The molecule has 0 radical (unpaired) electrons. The Kier molecular flexibility index (Phi) is 5.32. The van der Waals surface area contributed by atoms with E-state index >= 15 is 0 Å². The topological polar surface area (TPSA) is 12.0 Å². The van der Waals surface area contributed by atoms with E-state index in [4.69, 9.17) is 0 Å². The predicted octanol–water partition coefficient (Wildman–Crippen LogP) is 2.34. The molecule has 1 nitrogen and oxygen atoms in total. The van der Waals surface area contributed by atoms with Gasteiger partial charge in [0.25, 0.3) is 0 Å². The first-order chi connectivity index (χ1) is 4.70. The molecule has 0 bridgehead atoms. The van der Waals surface area contributed by atoms with Gasteiger partial charge in [-0.3, -0.25) is 0 Å². The van der Waals surface area contributed by atoms with Crippen molar-refractivity contribution in [2.24, 2.45) is 0 Å². The van der Waals surface area contributed by atoms with Crippen LogP contribution in [0.15, 0.2) is 12.2 Å². The van der Waals surface area contributed by atoms with Gasteiger partial charge in [-0.15, -0.1) is 0 Å². The first-order valence-electron chi connectivity index (χ1n) is 4.10. The Morgan fingerprint density at radius 3 is 2.50 bits per heavy atom. The molecule has 0 aromatic heterocycles. The average molecular weight is 141 g/mol. The Labute approximate surface area is 64.5 Å². The summed E-state index contributed by atoms with van der Waals surface area (Å²) >= 11 is 0. The van der Waals surface area contributed by atoms with Crippen LogP contribution in [0.3, 0.4) is 0 Å². The molecule has 0 fully saturated rings. The highest BCUT2D eigenvalue weighted by molar-refractivity contribution is 4.95. The van der Waals surface area contributed by atoms with Crippen LogP contribution in [-0.4, -0.2) is 12.6 Å². The molecule has 0 rings (SSSR count). The summed E-state index contributed by atoms with van der Waals surface area (Å²) in [6.07, 6.45) is 2.22. The molecule has 0 aromatic carbocycles. The SMILES string of the molecule is C=C(CC)CC(C)NCC. The van der Waals surface area contributed by atoms with Gasteiger partial charge in [0.15, 0.2) is 0 Å². The second kappa shape index (κ2) is 5.48. The summed E-state index contributed by atoms with van der Waals surface area (Å²) in [5.74, 6) is 0. The molecule has 0 aromatic rings. The van der Waals surface area contributed by atoms with E-state index in [1.54, 1.807) is 0 Å². The van der Waals surface area contributed by atoms with Crippen LogP contribution >= 0.6 is 0 Å². The van der Waals surface area contributed by atoms with Gasteiger partial charge in [-0.05, 0) is 26.3 Å². The molecule has 1 unspecified atom stereocenters. The Hall–Kier alpha value is -0.300. The fraction of sp³-hybridized carbons (Fsp3) is 0.778. The van der Waals surface area contributed by atoms with E-state index in [1.165, 1.54) is 5.57 Å². The summed E-state index contributed by atoms with van der Waals surface area (Å²) in [4.78, 5) is 0. The molecule has 0 heterocycles. The Bertz CT molecular complexity index is 96.9. The molecule has 0 spiro atoms. The van der Waals surface area contributed by atoms with E-state index in [-0.39, 0.29) is 0 Å². The quantitative estimate of drug-likeness (QED) is 0.579. The predicted molar refractivity (Wildman–Crippen MR) is 47.2 cm³/mol. The molecule has 10 heavy (non-hydrogen) atoms. The van der Waals surface area contributed by atoms with Crippen LogP contribution in [0.1, 0.15) is 33.6 Å². The summed E-state index contributed by atoms with van der Waals surface area (Å²) < 4.78 is 0. The summed E-state index contributed by atoms with van der Waals surface area (Å²) in [7, 11) is 0. The van der Waals surface area contributed by atoms with Crippen molar-refractivity contribution in [3.8, 4) is 0 Å². The van der Waals surface area contributed by atoms with Crippen LogP contribution in [0.4, 0.5) is 0 Å². The highest BCUT2D eigenvalue weighted by Crippen LogP contribution is 2.05. The number of rotatable bonds is 5. The van der Waals surface area contributed by atoms with Gasteiger partial charge in [0.2, 0.25) is 0 Å². The lowest BCUT2D eigenvalue weighted by Gasteiger charge is -2.12. The smallest absolute Gasteiger partial charge is 0.00756 e. The third kappa shape index (κ3) is 4.57. The van der Waals surface area contributed by atoms with E-state index in [2.05, 4.69) is 32.7 Å². The molecular formula is C9H19N. The van der Waals surface area contributed by atoms with Crippen LogP contribution < -0.4 is 5.32 Å². The highest BCUT2D eigenvalue weighted by atomic mass is 14.9. The maximum atomic E-state index is 3.96. The Morgan fingerprint density at radius 1 is 1.50 bits per heavy atom. The third-order valence-electron chi connectivity index (χ3n) is 1.65. The lowest BCUT2D eigenvalue weighted by molar-refractivity contribution is 0.558. The van der Waals surface area contributed by atoms with Gasteiger partial charge in [-0.25, -0.2) is 0 Å². The van der Waals surface area contributed by atoms with Crippen LogP contribution in [0.5, 0.6) is 0 Å². The molecule has 0 saturated heterocycles.